The maximum absolute atomic E-state index is 12.4. The van der Waals surface area contributed by atoms with E-state index in [9.17, 15) is 8.42 Å². The molecule has 0 aliphatic heterocycles. The highest BCUT2D eigenvalue weighted by atomic mass is 32.2. The molecule has 0 aliphatic rings. The van der Waals surface area contributed by atoms with E-state index in [1.807, 2.05) is 13.0 Å². The summed E-state index contributed by atoms with van der Waals surface area (Å²) in [4.78, 5) is 4.77. The number of hydrogen-bond acceptors (Lipinski definition) is 3. The highest BCUT2D eigenvalue weighted by Crippen LogP contribution is 2.25. The van der Waals surface area contributed by atoms with Crippen molar-refractivity contribution in [3.05, 3.63) is 54.4 Å². The third-order valence-corrected chi connectivity index (χ3v) is 5.09. The smallest absolute Gasteiger partial charge is 0.261 e. The molecule has 0 fully saturated rings. The number of nitrogens with one attached hydrogen (secondary N) is 1. The molecule has 1 N–H and O–H groups in total. The fraction of sp³-hybridized carbons (Fsp3) is 0.235. The molecule has 23 heavy (non-hydrogen) atoms. The predicted molar refractivity (Wildman–Crippen MR) is 92.1 cm³/mol. The zero-order valence-corrected chi connectivity index (χ0v) is 14.1. The van der Waals surface area contributed by atoms with Crippen LogP contribution in [0.5, 0.6) is 0 Å². The topological polar surface area (TPSA) is 64.0 Å². The highest BCUT2D eigenvalue weighted by Gasteiger charge is 2.15. The lowest BCUT2D eigenvalue weighted by atomic mass is 10.2. The van der Waals surface area contributed by atoms with Crippen LogP contribution in [0.2, 0.25) is 0 Å². The molecule has 0 saturated carbocycles. The Bertz CT molecular complexity index is 945. The van der Waals surface area contributed by atoms with E-state index in [4.69, 9.17) is 0 Å². The van der Waals surface area contributed by atoms with Crippen molar-refractivity contribution in [3.63, 3.8) is 0 Å². The molecular formula is C17H19N3O2S. The van der Waals surface area contributed by atoms with Gasteiger partial charge in [-0.2, -0.15) is 0 Å². The Hall–Kier alpha value is -2.34. The zero-order valence-electron chi connectivity index (χ0n) is 13.3. The van der Waals surface area contributed by atoms with Gasteiger partial charge in [0.15, 0.2) is 0 Å². The zero-order chi connectivity index (χ0) is 16.6. The molecule has 1 aromatic heterocycles. The van der Waals surface area contributed by atoms with Gasteiger partial charge in [0.05, 0.1) is 21.6 Å². The minimum Gasteiger partial charge on any atom is -0.326 e. The molecule has 3 aromatic rings. The Morgan fingerprint density at radius 1 is 1.09 bits per heavy atom. The van der Waals surface area contributed by atoms with Crippen LogP contribution in [0.15, 0.2) is 53.4 Å². The number of imidazole rings is 1. The third-order valence-electron chi connectivity index (χ3n) is 3.69. The molecule has 5 nitrogen and oxygen atoms in total. The van der Waals surface area contributed by atoms with Gasteiger partial charge >= 0.3 is 0 Å². The number of hydrogen-bond donors (Lipinski definition) is 1. The number of aryl methyl sites for hydroxylation is 1. The van der Waals surface area contributed by atoms with Crippen LogP contribution in [-0.2, 0) is 10.0 Å². The summed E-state index contributed by atoms with van der Waals surface area (Å²) < 4.78 is 29.5. The van der Waals surface area contributed by atoms with Crippen LogP contribution in [-0.4, -0.2) is 18.0 Å². The second-order valence-electron chi connectivity index (χ2n) is 5.74. The fourth-order valence-corrected chi connectivity index (χ4v) is 3.82. The first-order valence-electron chi connectivity index (χ1n) is 7.45. The second kappa shape index (κ2) is 5.70. The number of rotatable bonds is 4. The van der Waals surface area contributed by atoms with Gasteiger partial charge in [-0.05, 0) is 51.1 Å². The van der Waals surface area contributed by atoms with Crippen LogP contribution in [0.3, 0.4) is 0 Å². The maximum Gasteiger partial charge on any atom is 0.261 e. The molecule has 1 heterocycles. The number of nitrogens with zero attached hydrogens (tertiary/aromatic N) is 2. The summed E-state index contributed by atoms with van der Waals surface area (Å²) >= 11 is 0. The van der Waals surface area contributed by atoms with E-state index in [0.29, 0.717) is 11.7 Å². The lowest BCUT2D eigenvalue weighted by molar-refractivity contribution is 0.599. The van der Waals surface area contributed by atoms with Gasteiger partial charge in [-0.1, -0.05) is 18.2 Å². The van der Waals surface area contributed by atoms with Crippen molar-refractivity contribution in [1.82, 2.24) is 9.55 Å². The average Bonchev–Trinajstić information content (AvgIpc) is 2.83. The van der Waals surface area contributed by atoms with Gasteiger partial charge in [0, 0.05) is 6.04 Å². The van der Waals surface area contributed by atoms with E-state index in [2.05, 4.69) is 28.1 Å². The van der Waals surface area contributed by atoms with Crippen molar-refractivity contribution in [2.45, 2.75) is 31.7 Å². The molecule has 2 aromatic carbocycles. The summed E-state index contributed by atoms with van der Waals surface area (Å²) in [5, 5.41) is 0. The second-order valence-corrected chi connectivity index (χ2v) is 7.43. The normalized spacial score (nSPS) is 12.0. The number of benzene rings is 2. The maximum atomic E-state index is 12.4. The van der Waals surface area contributed by atoms with Crippen molar-refractivity contribution in [2.24, 2.45) is 0 Å². The Kier molecular flexibility index (Phi) is 3.85. The van der Waals surface area contributed by atoms with Crippen molar-refractivity contribution in [3.8, 4) is 0 Å². The first-order chi connectivity index (χ1) is 10.9. The minimum atomic E-state index is -3.59. The van der Waals surface area contributed by atoms with Crippen molar-refractivity contribution in [1.29, 1.82) is 0 Å². The first-order valence-corrected chi connectivity index (χ1v) is 8.93. The summed E-state index contributed by atoms with van der Waals surface area (Å²) in [6.07, 6.45) is 0. The predicted octanol–water partition coefficient (Wildman–Crippen LogP) is 3.73. The standard InChI is InChI=1S/C17H19N3O2S/c1-12(2)20-13(3)18-16-11-14(9-10-17(16)20)19-23(21,22)15-7-5-4-6-8-15/h4-12,19H,1-3H3. The fourth-order valence-electron chi connectivity index (χ4n) is 2.75. The molecule has 6 heteroatoms. The molecule has 3 rings (SSSR count). The summed E-state index contributed by atoms with van der Waals surface area (Å²) in [5.41, 5.74) is 2.29. The summed E-state index contributed by atoms with van der Waals surface area (Å²) in [6.45, 7) is 6.15. The Morgan fingerprint density at radius 2 is 1.78 bits per heavy atom. The van der Waals surface area contributed by atoms with Gasteiger partial charge in [0.2, 0.25) is 0 Å². The Balaban J connectivity index is 1.99. The Labute approximate surface area is 136 Å². The third kappa shape index (κ3) is 2.94. The number of sulfonamides is 1. The van der Waals surface area contributed by atoms with Crippen LogP contribution < -0.4 is 4.72 Å². The van der Waals surface area contributed by atoms with Crippen LogP contribution in [0.4, 0.5) is 5.69 Å². The van der Waals surface area contributed by atoms with Crippen LogP contribution in [0.25, 0.3) is 11.0 Å². The minimum absolute atomic E-state index is 0.240. The number of anilines is 1. The van der Waals surface area contributed by atoms with Gasteiger partial charge in [0.25, 0.3) is 10.0 Å². The largest absolute Gasteiger partial charge is 0.326 e. The van der Waals surface area contributed by atoms with Crippen molar-refractivity contribution >= 4 is 26.7 Å². The van der Waals surface area contributed by atoms with E-state index in [1.165, 1.54) is 0 Å². The highest BCUT2D eigenvalue weighted by molar-refractivity contribution is 7.92. The first kappa shape index (κ1) is 15.6. The SMILES string of the molecule is Cc1nc2cc(NS(=O)(=O)c3ccccc3)ccc2n1C(C)C. The van der Waals surface area contributed by atoms with Crippen molar-refractivity contribution < 1.29 is 8.42 Å². The average molecular weight is 329 g/mol. The van der Waals surface area contributed by atoms with E-state index in [1.54, 1.807) is 42.5 Å². The van der Waals surface area contributed by atoms with Gasteiger partial charge in [0.1, 0.15) is 5.82 Å². The van der Waals surface area contributed by atoms with E-state index < -0.39 is 10.0 Å². The Morgan fingerprint density at radius 3 is 2.43 bits per heavy atom. The van der Waals surface area contributed by atoms with E-state index in [-0.39, 0.29) is 4.90 Å². The number of fused-ring (bicyclic) bond motifs is 1. The van der Waals surface area contributed by atoms with E-state index >= 15 is 0 Å². The lowest BCUT2D eigenvalue weighted by Gasteiger charge is -2.11. The van der Waals surface area contributed by atoms with Crippen LogP contribution in [0, 0.1) is 6.92 Å². The molecular weight excluding hydrogens is 310 g/mol. The van der Waals surface area contributed by atoms with Gasteiger partial charge < -0.3 is 4.57 Å². The molecule has 120 valence electrons. The quantitative estimate of drug-likeness (QED) is 0.793. The van der Waals surface area contributed by atoms with Gasteiger partial charge in [-0.25, -0.2) is 13.4 Å². The monoisotopic (exact) mass is 329 g/mol. The lowest BCUT2D eigenvalue weighted by Crippen LogP contribution is -2.12. The molecule has 0 aliphatic carbocycles. The molecule has 0 amide bonds. The summed E-state index contributed by atoms with van der Waals surface area (Å²) in [7, 11) is -3.59. The molecule has 0 radical (unpaired) electrons. The molecule has 0 bridgehead atoms. The van der Waals surface area contributed by atoms with Crippen molar-refractivity contribution in [2.75, 3.05) is 4.72 Å². The molecule has 0 unspecified atom stereocenters. The van der Waals surface area contributed by atoms with Gasteiger partial charge in [-0.3, -0.25) is 4.72 Å². The number of aromatic nitrogens is 2. The van der Waals surface area contributed by atoms with Gasteiger partial charge in [-0.15, -0.1) is 0 Å². The summed E-state index contributed by atoms with van der Waals surface area (Å²) in [6, 6.07) is 14.1. The van der Waals surface area contributed by atoms with Crippen LogP contribution >= 0.6 is 0 Å². The molecule has 0 saturated heterocycles. The van der Waals surface area contributed by atoms with E-state index in [0.717, 1.165) is 16.9 Å². The molecule has 0 spiro atoms. The van der Waals surface area contributed by atoms with Crippen LogP contribution in [0.1, 0.15) is 25.7 Å². The molecule has 0 atom stereocenters. The summed E-state index contributed by atoms with van der Waals surface area (Å²) in [5.74, 6) is 0.915.